The molecule has 1 atom stereocenters. The Bertz CT molecular complexity index is 539. The normalized spacial score (nSPS) is 15.7. The van der Waals surface area contributed by atoms with Crippen LogP contribution in [0.15, 0.2) is 24.3 Å². The number of nitrogens with one attached hydrogen (secondary N) is 1. The average molecular weight is 309 g/mol. The molecule has 0 fully saturated rings. The minimum atomic E-state index is -1.82. The van der Waals surface area contributed by atoms with Gasteiger partial charge in [0.25, 0.3) is 0 Å². The summed E-state index contributed by atoms with van der Waals surface area (Å²) >= 11 is 0. The standard InChI is InChI=1S/C13H17NO2.C2H2O4/c1-13(2,3)16-12(15)11-8-9-6-4-5-7-10(9)14-11;3-1(4)2(5)6/h4-7,11,14H,8H2,1-3H3;(H,3,4)(H,5,6)/t11-;/m0./s1. The zero-order valence-corrected chi connectivity index (χ0v) is 12.6. The molecule has 0 saturated carbocycles. The Morgan fingerprint density at radius 3 is 2.14 bits per heavy atom. The molecule has 0 unspecified atom stereocenters. The van der Waals surface area contributed by atoms with Crippen molar-refractivity contribution in [3.63, 3.8) is 0 Å². The van der Waals surface area contributed by atoms with Crippen LogP contribution in [0.2, 0.25) is 0 Å². The van der Waals surface area contributed by atoms with Crippen LogP contribution < -0.4 is 5.32 Å². The van der Waals surface area contributed by atoms with Crippen molar-refractivity contribution in [2.45, 2.75) is 38.8 Å². The van der Waals surface area contributed by atoms with Gasteiger partial charge in [0.05, 0.1) is 0 Å². The second-order valence-corrected chi connectivity index (χ2v) is 5.70. The van der Waals surface area contributed by atoms with Gasteiger partial charge in [0.15, 0.2) is 0 Å². The van der Waals surface area contributed by atoms with Crippen LogP contribution in [0.4, 0.5) is 5.69 Å². The number of esters is 1. The molecule has 0 bridgehead atoms. The molecular formula is C15H19NO6. The maximum absolute atomic E-state index is 11.8. The van der Waals surface area contributed by atoms with Crippen LogP contribution in [0.5, 0.6) is 0 Å². The van der Waals surface area contributed by atoms with Gasteiger partial charge in [-0.15, -0.1) is 0 Å². The lowest BCUT2D eigenvalue weighted by Crippen LogP contribution is -2.35. The van der Waals surface area contributed by atoms with E-state index in [0.29, 0.717) is 6.42 Å². The first-order valence-electron chi connectivity index (χ1n) is 6.63. The fourth-order valence-corrected chi connectivity index (χ4v) is 1.81. The molecular weight excluding hydrogens is 290 g/mol. The molecule has 2 rings (SSSR count). The molecule has 0 spiro atoms. The van der Waals surface area contributed by atoms with Crippen LogP contribution >= 0.6 is 0 Å². The number of hydrogen-bond donors (Lipinski definition) is 3. The Kier molecular flexibility index (Phi) is 5.50. The number of carboxylic acid groups (broad SMARTS) is 2. The van der Waals surface area contributed by atoms with Gasteiger partial charge in [-0.25, -0.2) is 14.4 Å². The van der Waals surface area contributed by atoms with Gasteiger partial charge in [-0.1, -0.05) is 18.2 Å². The second kappa shape index (κ2) is 6.93. The summed E-state index contributed by atoms with van der Waals surface area (Å²) in [5, 5.41) is 18.0. The van der Waals surface area contributed by atoms with Crippen molar-refractivity contribution in [2.75, 3.05) is 5.32 Å². The van der Waals surface area contributed by atoms with E-state index in [1.165, 1.54) is 5.56 Å². The maximum Gasteiger partial charge on any atom is 0.414 e. The van der Waals surface area contributed by atoms with Crippen LogP contribution in [0.25, 0.3) is 0 Å². The highest BCUT2D eigenvalue weighted by atomic mass is 16.6. The molecule has 1 aromatic rings. The van der Waals surface area contributed by atoms with E-state index in [1.807, 2.05) is 45.0 Å². The van der Waals surface area contributed by atoms with Crippen LogP contribution in [0, 0.1) is 0 Å². The molecule has 1 aliphatic heterocycles. The highest BCUT2D eigenvalue weighted by Crippen LogP contribution is 2.26. The molecule has 22 heavy (non-hydrogen) atoms. The van der Waals surface area contributed by atoms with Crippen LogP contribution in [-0.4, -0.2) is 39.8 Å². The number of fused-ring (bicyclic) bond motifs is 1. The third-order valence-electron chi connectivity index (χ3n) is 2.65. The first kappa shape index (κ1) is 17.5. The minimum absolute atomic E-state index is 0.177. The Morgan fingerprint density at radius 1 is 1.14 bits per heavy atom. The Morgan fingerprint density at radius 2 is 1.68 bits per heavy atom. The SMILES string of the molecule is CC(C)(C)OC(=O)[C@@H]1Cc2ccccc2N1.O=C(O)C(=O)O. The Balaban J connectivity index is 0.000000346. The van der Waals surface area contributed by atoms with Gasteiger partial charge in [0.2, 0.25) is 0 Å². The largest absolute Gasteiger partial charge is 0.473 e. The van der Waals surface area contributed by atoms with Gasteiger partial charge >= 0.3 is 17.9 Å². The van der Waals surface area contributed by atoms with Crippen LogP contribution in [0.1, 0.15) is 26.3 Å². The monoisotopic (exact) mass is 309 g/mol. The highest BCUT2D eigenvalue weighted by molar-refractivity contribution is 6.27. The molecule has 0 aliphatic carbocycles. The molecule has 0 saturated heterocycles. The lowest BCUT2D eigenvalue weighted by molar-refractivity contribution is -0.159. The van der Waals surface area contributed by atoms with E-state index in [4.69, 9.17) is 24.5 Å². The van der Waals surface area contributed by atoms with Crippen LogP contribution in [0.3, 0.4) is 0 Å². The molecule has 3 N–H and O–H groups in total. The third-order valence-corrected chi connectivity index (χ3v) is 2.65. The van der Waals surface area contributed by atoms with Gasteiger partial charge in [0, 0.05) is 12.1 Å². The van der Waals surface area contributed by atoms with E-state index in [9.17, 15) is 4.79 Å². The van der Waals surface area contributed by atoms with Gasteiger partial charge < -0.3 is 20.3 Å². The van der Waals surface area contributed by atoms with Gasteiger partial charge in [-0.05, 0) is 32.4 Å². The number of rotatable bonds is 1. The summed E-state index contributed by atoms with van der Waals surface area (Å²) < 4.78 is 5.35. The number of benzene rings is 1. The number of carboxylic acids is 2. The van der Waals surface area contributed by atoms with E-state index in [0.717, 1.165) is 5.69 Å². The first-order chi connectivity index (χ1) is 10.1. The van der Waals surface area contributed by atoms with Crippen LogP contribution in [-0.2, 0) is 25.5 Å². The maximum atomic E-state index is 11.8. The minimum Gasteiger partial charge on any atom is -0.473 e. The number of hydrogen-bond acceptors (Lipinski definition) is 5. The van der Waals surface area contributed by atoms with E-state index >= 15 is 0 Å². The topological polar surface area (TPSA) is 113 Å². The summed E-state index contributed by atoms with van der Waals surface area (Å²) in [6.07, 6.45) is 0.713. The summed E-state index contributed by atoms with van der Waals surface area (Å²) in [6.45, 7) is 5.65. The molecule has 0 radical (unpaired) electrons. The molecule has 7 heteroatoms. The average Bonchev–Trinajstić information content (AvgIpc) is 2.81. The quantitative estimate of drug-likeness (QED) is 0.532. The van der Waals surface area contributed by atoms with Crippen molar-refractivity contribution in [3.8, 4) is 0 Å². The fourth-order valence-electron chi connectivity index (χ4n) is 1.81. The van der Waals surface area contributed by atoms with Crippen molar-refractivity contribution >= 4 is 23.6 Å². The van der Waals surface area contributed by atoms with Gasteiger partial charge in [-0.3, -0.25) is 0 Å². The molecule has 1 aromatic carbocycles. The van der Waals surface area contributed by atoms with Crippen molar-refractivity contribution in [3.05, 3.63) is 29.8 Å². The van der Waals surface area contributed by atoms with Crippen molar-refractivity contribution < 1.29 is 29.3 Å². The highest BCUT2D eigenvalue weighted by Gasteiger charge is 2.30. The summed E-state index contributed by atoms with van der Waals surface area (Å²) in [5.41, 5.74) is 1.80. The number of carbonyl (C=O) groups excluding carboxylic acids is 1. The van der Waals surface area contributed by atoms with E-state index < -0.39 is 17.5 Å². The lowest BCUT2D eigenvalue weighted by Gasteiger charge is -2.22. The van der Waals surface area contributed by atoms with Gasteiger partial charge in [-0.2, -0.15) is 0 Å². The number of para-hydroxylation sites is 1. The second-order valence-electron chi connectivity index (χ2n) is 5.70. The Hall–Kier alpha value is -2.57. The van der Waals surface area contributed by atoms with Gasteiger partial charge in [0.1, 0.15) is 11.6 Å². The fraction of sp³-hybridized carbons (Fsp3) is 0.400. The Labute approximate surface area is 127 Å². The lowest BCUT2D eigenvalue weighted by atomic mass is 10.1. The smallest absolute Gasteiger partial charge is 0.414 e. The summed E-state index contributed by atoms with van der Waals surface area (Å²) in [7, 11) is 0. The number of carbonyl (C=O) groups is 3. The first-order valence-corrected chi connectivity index (χ1v) is 6.63. The summed E-state index contributed by atoms with van der Waals surface area (Å²) in [4.78, 5) is 30.0. The molecule has 1 aliphatic rings. The summed E-state index contributed by atoms with van der Waals surface area (Å²) in [5.74, 6) is -3.83. The predicted molar refractivity (Wildman–Crippen MR) is 78.7 cm³/mol. The number of anilines is 1. The van der Waals surface area contributed by atoms with Crippen molar-refractivity contribution in [1.82, 2.24) is 0 Å². The molecule has 7 nitrogen and oxygen atoms in total. The molecule has 120 valence electrons. The van der Waals surface area contributed by atoms with Crippen molar-refractivity contribution in [2.24, 2.45) is 0 Å². The molecule has 0 aromatic heterocycles. The molecule has 0 amide bonds. The molecule has 1 heterocycles. The number of ether oxygens (including phenoxy) is 1. The van der Waals surface area contributed by atoms with E-state index in [-0.39, 0.29) is 12.0 Å². The zero-order chi connectivity index (χ0) is 16.9. The predicted octanol–water partition coefficient (Wildman–Crippen LogP) is 1.52. The van der Waals surface area contributed by atoms with E-state index in [1.54, 1.807) is 0 Å². The third kappa shape index (κ3) is 5.43. The zero-order valence-electron chi connectivity index (χ0n) is 12.6. The number of aliphatic carboxylic acids is 2. The summed E-state index contributed by atoms with van der Waals surface area (Å²) in [6, 6.07) is 7.73. The van der Waals surface area contributed by atoms with Crippen molar-refractivity contribution in [1.29, 1.82) is 0 Å². The van der Waals surface area contributed by atoms with E-state index in [2.05, 4.69) is 5.32 Å².